The molecule has 2 N–H and O–H groups in total. The summed E-state index contributed by atoms with van der Waals surface area (Å²) in [5, 5.41) is 20.8. The van der Waals surface area contributed by atoms with Crippen LogP contribution < -0.4 is 9.47 Å². The van der Waals surface area contributed by atoms with Crippen molar-refractivity contribution >= 4 is 0 Å². The number of rotatable bonds is 4. The molecule has 0 saturated heterocycles. The van der Waals surface area contributed by atoms with E-state index in [0.29, 0.717) is 19.4 Å². The number of fused-ring (bicyclic) bond motifs is 5. The summed E-state index contributed by atoms with van der Waals surface area (Å²) in [7, 11) is 0. The zero-order valence-electron chi connectivity index (χ0n) is 17.5. The Kier molecular flexibility index (Phi) is 5.03. The summed E-state index contributed by atoms with van der Waals surface area (Å²) in [5.41, 5.74) is 6.05. The van der Waals surface area contributed by atoms with Crippen molar-refractivity contribution in [2.45, 2.75) is 52.6 Å². The molecule has 0 spiro atoms. The molecule has 0 aliphatic carbocycles. The summed E-state index contributed by atoms with van der Waals surface area (Å²) in [6.07, 6.45) is 5.26. The molecular weight excluding hydrogens is 364 g/mol. The first-order valence-electron chi connectivity index (χ1n) is 10.1. The van der Waals surface area contributed by atoms with Crippen LogP contribution in [0.25, 0.3) is 0 Å². The van der Waals surface area contributed by atoms with Gasteiger partial charge < -0.3 is 19.7 Å². The minimum absolute atomic E-state index is 0.0735. The molecule has 2 aromatic carbocycles. The average Bonchev–Trinajstić information content (AvgIpc) is 3.04. The van der Waals surface area contributed by atoms with E-state index in [1.807, 2.05) is 39.8 Å². The summed E-state index contributed by atoms with van der Waals surface area (Å²) in [5.74, 6) is 2.08. The lowest BCUT2D eigenvalue weighted by molar-refractivity contribution is 0.137. The van der Waals surface area contributed by atoms with Crippen LogP contribution in [0.2, 0.25) is 0 Å². The number of hydrogen-bond donors (Lipinski definition) is 2. The quantitative estimate of drug-likeness (QED) is 0.653. The predicted octanol–water partition coefficient (Wildman–Crippen LogP) is 5.72. The Balaban J connectivity index is 1.75. The average molecular weight is 392 g/mol. The van der Waals surface area contributed by atoms with Crippen molar-refractivity contribution in [1.82, 2.24) is 0 Å². The molecule has 4 rings (SSSR count). The van der Waals surface area contributed by atoms with Crippen molar-refractivity contribution in [1.29, 1.82) is 0 Å². The van der Waals surface area contributed by atoms with E-state index in [2.05, 4.69) is 12.2 Å². The third kappa shape index (κ3) is 3.48. The molecule has 0 radical (unpaired) electrons. The Hall–Kier alpha value is -2.88. The van der Waals surface area contributed by atoms with Gasteiger partial charge in [0.15, 0.2) is 0 Å². The van der Waals surface area contributed by atoms with Crippen molar-refractivity contribution in [3.63, 3.8) is 0 Å². The van der Waals surface area contributed by atoms with Gasteiger partial charge in [0, 0.05) is 22.3 Å². The van der Waals surface area contributed by atoms with Crippen LogP contribution in [0.1, 0.15) is 62.0 Å². The molecule has 2 heterocycles. The largest absolute Gasteiger partial charge is 0.508 e. The first-order valence-corrected chi connectivity index (χ1v) is 10.1. The number of hydrogen-bond acceptors (Lipinski definition) is 4. The first kappa shape index (κ1) is 19.4. The Bertz CT molecular complexity index is 1010. The second kappa shape index (κ2) is 7.51. The van der Waals surface area contributed by atoms with Gasteiger partial charge >= 0.3 is 0 Å². The highest BCUT2D eigenvalue weighted by Crippen LogP contribution is 2.54. The summed E-state index contributed by atoms with van der Waals surface area (Å²) >= 11 is 0. The van der Waals surface area contributed by atoms with Crippen LogP contribution in [0.5, 0.6) is 23.0 Å². The fourth-order valence-electron chi connectivity index (χ4n) is 4.11. The third-order valence-electron chi connectivity index (χ3n) is 5.68. The van der Waals surface area contributed by atoms with Crippen molar-refractivity contribution in [2.75, 3.05) is 6.61 Å². The van der Waals surface area contributed by atoms with Crippen molar-refractivity contribution in [2.24, 2.45) is 0 Å². The van der Waals surface area contributed by atoms with Crippen LogP contribution in [0.15, 0.2) is 47.6 Å². The zero-order chi connectivity index (χ0) is 20.7. The van der Waals surface area contributed by atoms with E-state index >= 15 is 0 Å². The van der Waals surface area contributed by atoms with Crippen LogP contribution >= 0.6 is 0 Å². The molecule has 2 aliphatic heterocycles. The lowest BCUT2D eigenvalue weighted by Gasteiger charge is -2.29. The minimum Gasteiger partial charge on any atom is -0.508 e. The number of allylic oxidation sites excluding steroid dienone is 4. The summed E-state index contributed by atoms with van der Waals surface area (Å²) in [6.45, 7) is 8.67. The molecule has 0 unspecified atom stereocenters. The molecule has 2 aliphatic rings. The minimum atomic E-state index is -0.174. The Labute approximate surface area is 172 Å². The fourth-order valence-corrected chi connectivity index (χ4v) is 4.11. The first-order chi connectivity index (χ1) is 13.9. The number of phenolic OH excluding ortho intramolecular Hbond substituents is 2. The number of aromatic hydroxyl groups is 2. The molecule has 29 heavy (non-hydrogen) atoms. The molecule has 2 atom stereocenters. The summed E-state index contributed by atoms with van der Waals surface area (Å²) in [4.78, 5) is 0. The molecular formula is C25H28O4. The zero-order valence-corrected chi connectivity index (χ0v) is 17.5. The van der Waals surface area contributed by atoms with Gasteiger partial charge in [0.2, 0.25) is 0 Å². The molecule has 152 valence electrons. The summed E-state index contributed by atoms with van der Waals surface area (Å²) in [6, 6.07) is 7.33. The molecule has 2 aromatic rings. The smallest absolute Gasteiger partial charge is 0.138 e. The lowest BCUT2D eigenvalue weighted by atomic mass is 9.87. The predicted molar refractivity (Wildman–Crippen MR) is 114 cm³/mol. The highest BCUT2D eigenvalue weighted by molar-refractivity contribution is 5.59. The second-order valence-corrected chi connectivity index (χ2v) is 8.39. The Morgan fingerprint density at radius 3 is 2.00 bits per heavy atom. The number of ether oxygens (including phenoxy) is 2. The maximum atomic E-state index is 10.4. The maximum Gasteiger partial charge on any atom is 0.138 e. The normalized spacial score (nSPS) is 18.6. The van der Waals surface area contributed by atoms with Crippen LogP contribution in [-0.4, -0.2) is 16.8 Å². The molecule has 0 fully saturated rings. The molecule has 0 saturated carbocycles. The fraction of sp³-hybridized carbons (Fsp3) is 0.360. The highest BCUT2D eigenvalue weighted by Gasteiger charge is 2.43. The Morgan fingerprint density at radius 2 is 1.41 bits per heavy atom. The maximum absolute atomic E-state index is 10.4. The van der Waals surface area contributed by atoms with Crippen LogP contribution in [-0.2, 0) is 12.8 Å². The molecule has 4 heteroatoms. The van der Waals surface area contributed by atoms with Gasteiger partial charge in [-0.05, 0) is 58.7 Å². The SMILES string of the molecule is CC(C)=CCc1c(O)ccc2c1O[C@H]1c3ccc(O)c(CC=C(C)C)c3OC[C@@H]21. The van der Waals surface area contributed by atoms with Crippen LogP contribution in [0.3, 0.4) is 0 Å². The van der Waals surface area contributed by atoms with Gasteiger partial charge in [-0.15, -0.1) is 0 Å². The van der Waals surface area contributed by atoms with E-state index in [-0.39, 0.29) is 23.5 Å². The van der Waals surface area contributed by atoms with E-state index in [1.165, 1.54) is 11.1 Å². The molecule has 0 aromatic heterocycles. The van der Waals surface area contributed by atoms with Crippen molar-refractivity contribution < 1.29 is 19.7 Å². The van der Waals surface area contributed by atoms with Gasteiger partial charge in [-0.1, -0.05) is 29.4 Å². The van der Waals surface area contributed by atoms with Crippen molar-refractivity contribution in [3.05, 3.63) is 69.8 Å². The van der Waals surface area contributed by atoms with Gasteiger partial charge in [0.25, 0.3) is 0 Å². The van der Waals surface area contributed by atoms with E-state index in [1.54, 1.807) is 12.1 Å². The van der Waals surface area contributed by atoms with Crippen LogP contribution in [0, 0.1) is 0 Å². The van der Waals surface area contributed by atoms with Gasteiger partial charge in [-0.25, -0.2) is 0 Å². The van der Waals surface area contributed by atoms with E-state index < -0.39 is 0 Å². The van der Waals surface area contributed by atoms with Gasteiger partial charge in [0.1, 0.15) is 29.1 Å². The van der Waals surface area contributed by atoms with Gasteiger partial charge in [0.05, 0.1) is 12.5 Å². The molecule has 0 bridgehead atoms. The highest BCUT2D eigenvalue weighted by atomic mass is 16.5. The second-order valence-electron chi connectivity index (χ2n) is 8.39. The third-order valence-corrected chi connectivity index (χ3v) is 5.68. The van der Waals surface area contributed by atoms with Gasteiger partial charge in [-0.2, -0.15) is 0 Å². The lowest BCUT2D eigenvalue weighted by Crippen LogP contribution is -2.24. The van der Waals surface area contributed by atoms with Gasteiger partial charge in [-0.3, -0.25) is 0 Å². The van der Waals surface area contributed by atoms with E-state index in [0.717, 1.165) is 33.8 Å². The Morgan fingerprint density at radius 1 is 0.862 bits per heavy atom. The van der Waals surface area contributed by atoms with Crippen LogP contribution in [0.4, 0.5) is 0 Å². The number of benzene rings is 2. The monoisotopic (exact) mass is 392 g/mol. The number of phenols is 2. The molecule has 0 amide bonds. The van der Waals surface area contributed by atoms with E-state index in [9.17, 15) is 10.2 Å². The van der Waals surface area contributed by atoms with E-state index in [4.69, 9.17) is 9.47 Å². The summed E-state index contributed by atoms with van der Waals surface area (Å²) < 4.78 is 12.6. The topological polar surface area (TPSA) is 58.9 Å². The van der Waals surface area contributed by atoms with Crippen molar-refractivity contribution in [3.8, 4) is 23.0 Å². The standard InChI is InChI=1S/C25H28O4/c1-14(2)5-7-17-21(26)12-10-19-23(17)28-13-20-16-9-11-22(27)18(8-6-15(3)4)24(16)29-25(19)20/h5-6,9-12,20,25-27H,7-8,13H2,1-4H3/t20-,25-/m0/s1. The molecule has 4 nitrogen and oxygen atoms in total.